The van der Waals surface area contributed by atoms with E-state index in [0.717, 1.165) is 22.1 Å². The van der Waals surface area contributed by atoms with Gasteiger partial charge in [0.2, 0.25) is 0 Å². The van der Waals surface area contributed by atoms with E-state index in [4.69, 9.17) is 0 Å². The van der Waals surface area contributed by atoms with Crippen LogP contribution in [0.25, 0.3) is 10.1 Å². The summed E-state index contributed by atoms with van der Waals surface area (Å²) in [6, 6.07) is 6.29. The smallest absolute Gasteiger partial charge is 0.160 e. The summed E-state index contributed by atoms with van der Waals surface area (Å²) in [6.07, 6.45) is 0.941. The van der Waals surface area contributed by atoms with Gasteiger partial charge in [-0.05, 0) is 23.9 Å². The molecule has 0 aliphatic carbocycles. The number of benzene rings is 1. The molecule has 0 amide bonds. The van der Waals surface area contributed by atoms with E-state index < -0.39 is 0 Å². The summed E-state index contributed by atoms with van der Waals surface area (Å²) < 4.78 is 1.19. The van der Waals surface area contributed by atoms with Crippen LogP contribution in [-0.4, -0.2) is 6.29 Å². The predicted octanol–water partition coefficient (Wildman–Crippen LogP) is 3.92. The van der Waals surface area contributed by atoms with Crippen molar-refractivity contribution in [3.8, 4) is 0 Å². The zero-order valence-electron chi connectivity index (χ0n) is 7.71. The first-order chi connectivity index (χ1) is 6.76. The Morgan fingerprint density at radius 3 is 2.93 bits per heavy atom. The molecule has 1 aromatic heterocycles. The standard InChI is InChI=1S/C11H9BrOS/c1-7-2-3-10-8(4-7)9(5-12)11(6-13)14-10/h2-4,6H,5H2,1H3. The second-order valence-electron chi connectivity index (χ2n) is 3.20. The molecule has 0 radical (unpaired) electrons. The molecule has 0 saturated carbocycles. The fourth-order valence-electron chi connectivity index (χ4n) is 1.51. The highest BCUT2D eigenvalue weighted by Crippen LogP contribution is 2.32. The lowest BCUT2D eigenvalue weighted by Crippen LogP contribution is -1.81. The molecule has 0 aliphatic heterocycles. The van der Waals surface area contributed by atoms with Crippen LogP contribution in [0.2, 0.25) is 0 Å². The van der Waals surface area contributed by atoms with Crippen molar-refractivity contribution in [2.45, 2.75) is 12.3 Å². The molecular formula is C11H9BrOS. The number of aryl methyl sites for hydroxylation is 1. The van der Waals surface area contributed by atoms with E-state index in [1.807, 2.05) is 0 Å². The van der Waals surface area contributed by atoms with Crippen LogP contribution in [0.5, 0.6) is 0 Å². The summed E-state index contributed by atoms with van der Waals surface area (Å²) in [6.45, 7) is 2.07. The van der Waals surface area contributed by atoms with Gasteiger partial charge in [0.1, 0.15) is 0 Å². The fourth-order valence-corrected chi connectivity index (χ4v) is 3.32. The van der Waals surface area contributed by atoms with Crippen molar-refractivity contribution in [2.75, 3.05) is 0 Å². The van der Waals surface area contributed by atoms with Gasteiger partial charge in [-0.2, -0.15) is 0 Å². The summed E-state index contributed by atoms with van der Waals surface area (Å²) in [4.78, 5) is 11.7. The Morgan fingerprint density at radius 1 is 1.50 bits per heavy atom. The Bertz CT molecular complexity index is 487. The predicted molar refractivity (Wildman–Crippen MR) is 64.6 cm³/mol. The van der Waals surface area contributed by atoms with E-state index in [-0.39, 0.29) is 0 Å². The highest BCUT2D eigenvalue weighted by atomic mass is 79.9. The van der Waals surface area contributed by atoms with Crippen LogP contribution in [0.15, 0.2) is 18.2 Å². The van der Waals surface area contributed by atoms with Crippen molar-refractivity contribution in [1.82, 2.24) is 0 Å². The number of thiophene rings is 1. The van der Waals surface area contributed by atoms with Gasteiger partial charge in [0, 0.05) is 10.0 Å². The van der Waals surface area contributed by atoms with E-state index in [0.29, 0.717) is 0 Å². The molecule has 0 unspecified atom stereocenters. The maximum atomic E-state index is 10.8. The molecule has 0 aliphatic rings. The summed E-state index contributed by atoms with van der Waals surface area (Å²) in [5.74, 6) is 0. The molecule has 2 rings (SSSR count). The SMILES string of the molecule is Cc1ccc2sc(C=O)c(CBr)c2c1. The van der Waals surface area contributed by atoms with E-state index in [1.54, 1.807) is 11.3 Å². The molecule has 14 heavy (non-hydrogen) atoms. The number of alkyl halides is 1. The molecule has 2 aromatic rings. The Balaban J connectivity index is 2.81. The summed E-state index contributed by atoms with van der Waals surface area (Å²) in [5, 5.41) is 1.94. The second-order valence-corrected chi connectivity index (χ2v) is 4.84. The zero-order chi connectivity index (χ0) is 10.1. The minimum absolute atomic E-state index is 0.741. The van der Waals surface area contributed by atoms with Gasteiger partial charge in [0.05, 0.1) is 4.88 Å². The van der Waals surface area contributed by atoms with Crippen LogP contribution in [0.4, 0.5) is 0 Å². The highest BCUT2D eigenvalue weighted by molar-refractivity contribution is 9.08. The van der Waals surface area contributed by atoms with Crippen LogP contribution in [0.3, 0.4) is 0 Å². The lowest BCUT2D eigenvalue weighted by molar-refractivity contribution is 0.112. The van der Waals surface area contributed by atoms with Crippen molar-refractivity contribution in [2.24, 2.45) is 0 Å². The van der Waals surface area contributed by atoms with Crippen molar-refractivity contribution >= 4 is 43.6 Å². The average Bonchev–Trinajstić information content (AvgIpc) is 2.54. The van der Waals surface area contributed by atoms with Crippen molar-refractivity contribution in [3.05, 3.63) is 34.2 Å². The molecule has 0 N–H and O–H groups in total. The summed E-state index contributed by atoms with van der Waals surface area (Å²) >= 11 is 4.98. The quantitative estimate of drug-likeness (QED) is 0.596. The van der Waals surface area contributed by atoms with Crippen LogP contribution in [0.1, 0.15) is 20.8 Å². The van der Waals surface area contributed by atoms with Crippen LogP contribution in [-0.2, 0) is 5.33 Å². The molecule has 3 heteroatoms. The van der Waals surface area contributed by atoms with Gasteiger partial charge in [-0.15, -0.1) is 11.3 Å². The van der Waals surface area contributed by atoms with E-state index >= 15 is 0 Å². The van der Waals surface area contributed by atoms with Crippen molar-refractivity contribution in [1.29, 1.82) is 0 Å². The summed E-state index contributed by atoms with van der Waals surface area (Å²) in [7, 11) is 0. The first kappa shape index (κ1) is 9.87. The van der Waals surface area contributed by atoms with Crippen LogP contribution in [0, 0.1) is 6.92 Å². The first-order valence-corrected chi connectivity index (χ1v) is 6.23. The maximum absolute atomic E-state index is 10.8. The van der Waals surface area contributed by atoms with Gasteiger partial charge < -0.3 is 0 Å². The topological polar surface area (TPSA) is 17.1 Å². The van der Waals surface area contributed by atoms with Crippen LogP contribution >= 0.6 is 27.3 Å². The normalized spacial score (nSPS) is 10.7. The second kappa shape index (κ2) is 3.83. The Hall–Kier alpha value is -0.670. The number of carbonyl (C=O) groups excluding carboxylic acids is 1. The number of fused-ring (bicyclic) bond motifs is 1. The lowest BCUT2D eigenvalue weighted by Gasteiger charge is -1.95. The molecular weight excluding hydrogens is 260 g/mol. The number of rotatable bonds is 2. The minimum atomic E-state index is 0.741. The van der Waals surface area contributed by atoms with E-state index in [9.17, 15) is 4.79 Å². The third-order valence-electron chi connectivity index (χ3n) is 2.22. The average molecular weight is 269 g/mol. The number of aldehydes is 1. The van der Waals surface area contributed by atoms with Gasteiger partial charge in [0.25, 0.3) is 0 Å². The molecule has 1 nitrogen and oxygen atoms in total. The van der Waals surface area contributed by atoms with Gasteiger partial charge in [-0.1, -0.05) is 33.6 Å². The molecule has 0 spiro atoms. The fraction of sp³-hybridized carbons (Fsp3) is 0.182. The first-order valence-electron chi connectivity index (χ1n) is 4.29. The van der Waals surface area contributed by atoms with Crippen LogP contribution < -0.4 is 0 Å². The minimum Gasteiger partial charge on any atom is -0.297 e. The third-order valence-corrected chi connectivity index (χ3v) is 3.92. The molecule has 1 heterocycles. The Labute approximate surface area is 94.9 Å². The molecule has 0 fully saturated rings. The number of halogens is 1. The Kier molecular flexibility index (Phi) is 2.70. The molecule has 72 valence electrons. The molecule has 1 aromatic carbocycles. The molecule has 0 saturated heterocycles. The summed E-state index contributed by atoms with van der Waals surface area (Å²) in [5.41, 5.74) is 2.35. The van der Waals surface area contributed by atoms with Crippen molar-refractivity contribution < 1.29 is 4.79 Å². The maximum Gasteiger partial charge on any atom is 0.160 e. The number of carbonyl (C=O) groups is 1. The third kappa shape index (κ3) is 1.51. The molecule has 0 atom stereocenters. The number of hydrogen-bond donors (Lipinski definition) is 0. The zero-order valence-corrected chi connectivity index (χ0v) is 10.1. The number of hydrogen-bond acceptors (Lipinski definition) is 2. The Morgan fingerprint density at radius 2 is 2.29 bits per heavy atom. The highest BCUT2D eigenvalue weighted by Gasteiger charge is 2.09. The van der Waals surface area contributed by atoms with Gasteiger partial charge in [-0.25, -0.2) is 0 Å². The molecule has 0 bridgehead atoms. The monoisotopic (exact) mass is 268 g/mol. The van der Waals surface area contributed by atoms with Gasteiger partial charge >= 0.3 is 0 Å². The van der Waals surface area contributed by atoms with E-state index in [2.05, 4.69) is 41.1 Å². The van der Waals surface area contributed by atoms with Gasteiger partial charge in [0.15, 0.2) is 6.29 Å². The van der Waals surface area contributed by atoms with Crippen molar-refractivity contribution in [3.63, 3.8) is 0 Å². The largest absolute Gasteiger partial charge is 0.297 e. The van der Waals surface area contributed by atoms with E-state index in [1.165, 1.54) is 15.6 Å². The van der Waals surface area contributed by atoms with Gasteiger partial charge in [-0.3, -0.25) is 4.79 Å². The lowest BCUT2D eigenvalue weighted by atomic mass is 10.1.